The average Bonchev–Trinajstić information content (AvgIpc) is 3.31. The Balaban J connectivity index is 1.45. The monoisotopic (exact) mass is 481 g/mol. The van der Waals surface area contributed by atoms with E-state index < -0.39 is 0 Å². The summed E-state index contributed by atoms with van der Waals surface area (Å²) in [4.78, 5) is 30.9. The zero-order valence-electron chi connectivity index (χ0n) is 20.2. The quantitative estimate of drug-likeness (QED) is 0.469. The van der Waals surface area contributed by atoms with E-state index in [9.17, 15) is 9.59 Å². The van der Waals surface area contributed by atoms with Gasteiger partial charge in [0.05, 0.1) is 31.0 Å². The molecule has 1 aliphatic carbocycles. The lowest BCUT2D eigenvalue weighted by atomic mass is 9.78. The Morgan fingerprint density at radius 2 is 2.20 bits per heavy atom. The molecule has 0 bridgehead atoms. The second-order valence-electron chi connectivity index (χ2n) is 9.19. The van der Waals surface area contributed by atoms with Crippen LogP contribution in [-0.2, 0) is 9.47 Å². The van der Waals surface area contributed by atoms with Gasteiger partial charge in [0, 0.05) is 33.0 Å². The molecule has 0 spiro atoms. The van der Waals surface area contributed by atoms with Crippen LogP contribution in [0.15, 0.2) is 35.4 Å². The molecular weight excluding hydrogens is 450 g/mol. The van der Waals surface area contributed by atoms with Gasteiger partial charge in [-0.25, -0.2) is 4.98 Å². The van der Waals surface area contributed by atoms with E-state index in [1.165, 1.54) is 6.20 Å². The number of pyridine rings is 1. The molecule has 2 aliphatic rings. The number of carbonyl (C=O) groups excluding carboxylic acids is 1. The Bertz CT molecular complexity index is 1280. The zero-order chi connectivity index (χ0) is 24.5. The predicted octanol–water partition coefficient (Wildman–Crippen LogP) is 2.18. The number of anilines is 3. The van der Waals surface area contributed by atoms with Gasteiger partial charge in [-0.3, -0.25) is 9.59 Å². The summed E-state index contributed by atoms with van der Waals surface area (Å²) in [5.41, 5.74) is 0.985. The van der Waals surface area contributed by atoms with Crippen molar-refractivity contribution in [3.63, 3.8) is 0 Å². The molecule has 5 rings (SSSR count). The number of methoxy groups -OCH3 is 1. The van der Waals surface area contributed by atoms with Gasteiger partial charge in [0.1, 0.15) is 22.9 Å². The number of rotatable bonds is 7. The fraction of sp³-hybridized carbons (Fsp3) is 0.500. The van der Waals surface area contributed by atoms with E-state index >= 15 is 0 Å². The predicted molar refractivity (Wildman–Crippen MR) is 131 cm³/mol. The molecule has 1 amide bonds. The summed E-state index contributed by atoms with van der Waals surface area (Å²) in [6.45, 7) is 3.34. The Labute approximate surface area is 202 Å². The van der Waals surface area contributed by atoms with Crippen molar-refractivity contribution in [3.05, 3.63) is 46.5 Å². The van der Waals surface area contributed by atoms with Gasteiger partial charge in [0.2, 0.25) is 0 Å². The van der Waals surface area contributed by atoms with Crippen LogP contribution in [0.2, 0.25) is 0 Å². The Kier molecular flexibility index (Phi) is 6.44. The summed E-state index contributed by atoms with van der Waals surface area (Å²) in [6, 6.07) is 5.26. The third-order valence-corrected chi connectivity index (χ3v) is 6.96. The molecular formula is C24H31N7O4. The lowest BCUT2D eigenvalue weighted by Gasteiger charge is -2.42. The maximum atomic E-state index is 13.2. The molecule has 1 saturated heterocycles. The molecule has 3 N–H and O–H groups in total. The van der Waals surface area contributed by atoms with Gasteiger partial charge in [-0.05, 0) is 37.3 Å². The van der Waals surface area contributed by atoms with Crippen molar-refractivity contribution in [2.45, 2.75) is 44.4 Å². The van der Waals surface area contributed by atoms with Gasteiger partial charge in [-0.1, -0.05) is 6.92 Å². The van der Waals surface area contributed by atoms with E-state index in [-0.39, 0.29) is 29.7 Å². The Hall–Kier alpha value is -3.44. The molecule has 1 saturated carbocycles. The fourth-order valence-corrected chi connectivity index (χ4v) is 4.88. The summed E-state index contributed by atoms with van der Waals surface area (Å²) in [7, 11) is 3.42. The Morgan fingerprint density at radius 3 is 2.91 bits per heavy atom. The van der Waals surface area contributed by atoms with E-state index in [1.54, 1.807) is 41.6 Å². The second kappa shape index (κ2) is 9.67. The average molecular weight is 482 g/mol. The molecule has 4 heterocycles. The highest BCUT2D eigenvalue weighted by atomic mass is 16.5. The summed E-state index contributed by atoms with van der Waals surface area (Å²) in [5.74, 6) is 1.13. The van der Waals surface area contributed by atoms with Crippen LogP contribution in [0.5, 0.6) is 0 Å². The minimum Gasteiger partial charge on any atom is -0.379 e. The third-order valence-electron chi connectivity index (χ3n) is 6.96. The molecule has 3 aromatic rings. The number of carbonyl (C=O) groups is 1. The van der Waals surface area contributed by atoms with Crippen LogP contribution in [-0.4, -0.2) is 64.6 Å². The van der Waals surface area contributed by atoms with E-state index in [2.05, 4.69) is 33.0 Å². The highest BCUT2D eigenvalue weighted by Gasteiger charge is 2.39. The smallest absolute Gasteiger partial charge is 0.274 e. The first kappa shape index (κ1) is 23.3. The van der Waals surface area contributed by atoms with Crippen LogP contribution >= 0.6 is 0 Å². The molecule has 2 fully saturated rings. The summed E-state index contributed by atoms with van der Waals surface area (Å²) in [6.07, 6.45) is 6.03. The van der Waals surface area contributed by atoms with Crippen LogP contribution in [0.4, 0.5) is 17.3 Å². The van der Waals surface area contributed by atoms with E-state index in [0.29, 0.717) is 41.1 Å². The number of hydrogen-bond acceptors (Lipinski definition) is 8. The van der Waals surface area contributed by atoms with Gasteiger partial charge < -0.3 is 30.0 Å². The van der Waals surface area contributed by atoms with Crippen LogP contribution in [0.3, 0.4) is 0 Å². The molecule has 3 aromatic heterocycles. The SMILES string of the molecule is CNc1cc(Nc2cccn([C@@H]3CCCOC3)c2=O)nc2c(C(=O)NC3C(OC)C[C@@H]3C)cnn12. The van der Waals surface area contributed by atoms with Crippen molar-refractivity contribution in [3.8, 4) is 0 Å². The van der Waals surface area contributed by atoms with Crippen molar-refractivity contribution in [1.82, 2.24) is 24.5 Å². The maximum Gasteiger partial charge on any atom is 0.274 e. The first-order chi connectivity index (χ1) is 17.0. The number of aromatic nitrogens is 4. The normalized spacial score (nSPS) is 24.1. The second-order valence-corrected chi connectivity index (χ2v) is 9.19. The molecule has 35 heavy (non-hydrogen) atoms. The molecule has 186 valence electrons. The lowest BCUT2D eigenvalue weighted by molar-refractivity contribution is -0.0277. The minimum atomic E-state index is -0.260. The molecule has 2 unspecified atom stereocenters. The van der Waals surface area contributed by atoms with Gasteiger partial charge in [-0.2, -0.15) is 9.61 Å². The number of ether oxygens (including phenoxy) is 2. The minimum absolute atomic E-state index is 0.00339. The van der Waals surface area contributed by atoms with Crippen molar-refractivity contribution in [2.24, 2.45) is 5.92 Å². The summed E-state index contributed by atoms with van der Waals surface area (Å²) in [5, 5.41) is 13.6. The highest BCUT2D eigenvalue weighted by molar-refractivity contribution is 6.00. The summed E-state index contributed by atoms with van der Waals surface area (Å²) < 4.78 is 14.3. The molecule has 4 atom stereocenters. The third kappa shape index (κ3) is 4.37. The standard InChI is InChI=1S/C24H31N7O4/c1-14-10-18(34-3)21(14)29-23(32)16-12-26-31-20(25-2)11-19(28-22(16)31)27-17-7-4-8-30(24(17)33)15-6-5-9-35-13-15/h4,7-8,11-12,14-15,18,21,25H,5-6,9-10,13H2,1-3H3,(H,27,28)(H,29,32)/t14-,15+,18?,21?/m0/s1. The zero-order valence-corrected chi connectivity index (χ0v) is 20.2. The van der Waals surface area contributed by atoms with Gasteiger partial charge in [0.25, 0.3) is 11.5 Å². The van der Waals surface area contributed by atoms with Crippen molar-refractivity contribution < 1.29 is 14.3 Å². The van der Waals surface area contributed by atoms with Gasteiger partial charge >= 0.3 is 0 Å². The number of amides is 1. The van der Waals surface area contributed by atoms with Crippen LogP contribution in [0.1, 0.15) is 42.6 Å². The van der Waals surface area contributed by atoms with E-state index in [0.717, 1.165) is 25.9 Å². The molecule has 0 radical (unpaired) electrons. The number of hydrogen-bond donors (Lipinski definition) is 3. The highest BCUT2D eigenvalue weighted by Crippen LogP contribution is 2.30. The van der Waals surface area contributed by atoms with E-state index in [1.807, 2.05) is 6.07 Å². The lowest BCUT2D eigenvalue weighted by Crippen LogP contribution is -2.56. The van der Waals surface area contributed by atoms with Crippen LogP contribution < -0.4 is 21.5 Å². The van der Waals surface area contributed by atoms with Gasteiger partial charge in [0.15, 0.2) is 5.65 Å². The number of nitrogens with zero attached hydrogens (tertiary/aromatic N) is 4. The van der Waals surface area contributed by atoms with Crippen LogP contribution in [0.25, 0.3) is 5.65 Å². The van der Waals surface area contributed by atoms with E-state index in [4.69, 9.17) is 9.47 Å². The molecule has 11 heteroatoms. The van der Waals surface area contributed by atoms with Crippen LogP contribution in [0, 0.1) is 5.92 Å². The Morgan fingerprint density at radius 1 is 1.34 bits per heavy atom. The number of fused-ring (bicyclic) bond motifs is 1. The fourth-order valence-electron chi connectivity index (χ4n) is 4.88. The maximum absolute atomic E-state index is 13.2. The first-order valence-corrected chi connectivity index (χ1v) is 12.0. The molecule has 0 aromatic carbocycles. The molecule has 11 nitrogen and oxygen atoms in total. The van der Waals surface area contributed by atoms with Crippen molar-refractivity contribution in [1.29, 1.82) is 0 Å². The van der Waals surface area contributed by atoms with Crippen molar-refractivity contribution >= 4 is 28.9 Å². The van der Waals surface area contributed by atoms with Gasteiger partial charge in [-0.15, -0.1) is 0 Å². The van der Waals surface area contributed by atoms with Crippen molar-refractivity contribution in [2.75, 3.05) is 38.0 Å². The summed E-state index contributed by atoms with van der Waals surface area (Å²) >= 11 is 0. The largest absolute Gasteiger partial charge is 0.379 e. The topological polar surface area (TPSA) is 124 Å². The molecule has 1 aliphatic heterocycles. The number of nitrogens with one attached hydrogen (secondary N) is 3. The first-order valence-electron chi connectivity index (χ1n) is 12.0.